The third kappa shape index (κ3) is 5.85. The second-order valence-corrected chi connectivity index (χ2v) is 5.17. The summed E-state index contributed by atoms with van der Waals surface area (Å²) < 4.78 is 5.35. The minimum absolute atomic E-state index is 0.168. The molecule has 18 heavy (non-hydrogen) atoms. The highest BCUT2D eigenvalue weighted by molar-refractivity contribution is 5.78. The summed E-state index contributed by atoms with van der Waals surface area (Å²) in [6, 6.07) is 7.97. The molecule has 2 heteroatoms. The van der Waals surface area contributed by atoms with Crippen molar-refractivity contribution in [1.29, 1.82) is 0 Å². The number of carbonyl (C=O) groups is 1. The Kier molecular flexibility index (Phi) is 6.67. The maximum absolute atomic E-state index is 11.8. The van der Waals surface area contributed by atoms with Gasteiger partial charge in [0, 0.05) is 0 Å². The van der Waals surface area contributed by atoms with Crippen molar-refractivity contribution in [1.82, 2.24) is 0 Å². The summed E-state index contributed by atoms with van der Waals surface area (Å²) in [4.78, 5) is 11.8. The van der Waals surface area contributed by atoms with Gasteiger partial charge in [0.15, 0.2) is 0 Å². The highest BCUT2D eigenvalue weighted by atomic mass is 16.6. The first-order valence-electron chi connectivity index (χ1n) is 6.59. The molecule has 0 aliphatic carbocycles. The molecule has 0 amide bonds. The molecular formula is C16H26O2. The zero-order chi connectivity index (χ0) is 14.3. The zero-order valence-electron chi connectivity index (χ0n) is 12.7. The quantitative estimate of drug-likeness (QED) is 0.724. The van der Waals surface area contributed by atoms with E-state index >= 15 is 0 Å². The Hall–Kier alpha value is -1.31. The third-order valence-electron chi connectivity index (χ3n) is 2.30. The normalized spacial score (nSPS) is 12.2. The van der Waals surface area contributed by atoms with E-state index in [0.29, 0.717) is 0 Å². The SMILES string of the molecule is CC.Cc1cccc(C(C)C(=O)OC(C)(C)C)c1. The fourth-order valence-electron chi connectivity index (χ4n) is 1.47. The van der Waals surface area contributed by atoms with Gasteiger partial charge in [-0.25, -0.2) is 0 Å². The summed E-state index contributed by atoms with van der Waals surface area (Å²) in [6.45, 7) is 13.5. The summed E-state index contributed by atoms with van der Waals surface area (Å²) in [5.74, 6) is -0.378. The maximum Gasteiger partial charge on any atom is 0.313 e. The van der Waals surface area contributed by atoms with Gasteiger partial charge in [-0.2, -0.15) is 0 Å². The van der Waals surface area contributed by atoms with E-state index in [4.69, 9.17) is 4.74 Å². The molecule has 2 nitrogen and oxygen atoms in total. The molecule has 0 spiro atoms. The van der Waals surface area contributed by atoms with Gasteiger partial charge in [-0.1, -0.05) is 43.7 Å². The van der Waals surface area contributed by atoms with E-state index in [9.17, 15) is 4.79 Å². The molecule has 0 aromatic heterocycles. The summed E-state index contributed by atoms with van der Waals surface area (Å²) in [5.41, 5.74) is 1.75. The van der Waals surface area contributed by atoms with E-state index < -0.39 is 5.60 Å². The van der Waals surface area contributed by atoms with Gasteiger partial charge < -0.3 is 4.74 Å². The number of carbonyl (C=O) groups excluding carboxylic acids is 1. The van der Waals surface area contributed by atoms with Crippen molar-refractivity contribution in [3.8, 4) is 0 Å². The van der Waals surface area contributed by atoms with Gasteiger partial charge in [0.25, 0.3) is 0 Å². The largest absolute Gasteiger partial charge is 0.460 e. The van der Waals surface area contributed by atoms with E-state index in [2.05, 4.69) is 0 Å². The number of rotatable bonds is 2. The van der Waals surface area contributed by atoms with Crippen LogP contribution in [0, 0.1) is 6.92 Å². The summed E-state index contributed by atoms with van der Waals surface area (Å²) in [5, 5.41) is 0. The van der Waals surface area contributed by atoms with Gasteiger partial charge in [0.05, 0.1) is 5.92 Å². The number of hydrogen-bond donors (Lipinski definition) is 0. The Labute approximate surface area is 111 Å². The van der Waals surface area contributed by atoms with Gasteiger partial charge >= 0.3 is 5.97 Å². The molecule has 1 rings (SSSR count). The lowest BCUT2D eigenvalue weighted by atomic mass is 9.99. The van der Waals surface area contributed by atoms with Crippen LogP contribution in [0.5, 0.6) is 0 Å². The molecule has 0 bridgehead atoms. The average Bonchev–Trinajstić information content (AvgIpc) is 2.28. The molecule has 0 fully saturated rings. The van der Waals surface area contributed by atoms with Gasteiger partial charge in [0.2, 0.25) is 0 Å². The van der Waals surface area contributed by atoms with Crippen LogP contribution in [0.3, 0.4) is 0 Å². The first-order chi connectivity index (χ1) is 8.29. The molecule has 0 saturated heterocycles. The van der Waals surface area contributed by atoms with E-state index in [0.717, 1.165) is 11.1 Å². The second-order valence-electron chi connectivity index (χ2n) is 5.17. The van der Waals surface area contributed by atoms with E-state index in [1.54, 1.807) is 0 Å². The standard InChI is InChI=1S/C14H20O2.C2H6/c1-10-7-6-8-12(9-10)11(2)13(15)16-14(3,4)5;1-2/h6-9,11H,1-5H3;1-2H3. The van der Waals surface area contributed by atoms with Gasteiger partial charge in [0.1, 0.15) is 5.60 Å². The van der Waals surface area contributed by atoms with Crippen LogP contribution in [0.15, 0.2) is 24.3 Å². The van der Waals surface area contributed by atoms with Crippen LogP contribution >= 0.6 is 0 Å². The maximum atomic E-state index is 11.8. The molecule has 1 atom stereocenters. The van der Waals surface area contributed by atoms with Crippen molar-refractivity contribution >= 4 is 5.97 Å². The highest BCUT2D eigenvalue weighted by Gasteiger charge is 2.22. The summed E-state index contributed by atoms with van der Waals surface area (Å²) in [6.07, 6.45) is 0. The van der Waals surface area contributed by atoms with Crippen molar-refractivity contribution in [2.75, 3.05) is 0 Å². The Morgan fingerprint density at radius 1 is 1.22 bits per heavy atom. The molecule has 0 N–H and O–H groups in total. The van der Waals surface area contributed by atoms with E-state index in [-0.39, 0.29) is 11.9 Å². The lowest BCUT2D eigenvalue weighted by Gasteiger charge is -2.22. The second kappa shape index (κ2) is 7.20. The summed E-state index contributed by atoms with van der Waals surface area (Å²) >= 11 is 0. The predicted molar refractivity (Wildman–Crippen MR) is 76.8 cm³/mol. The molecule has 0 radical (unpaired) electrons. The summed E-state index contributed by atoms with van der Waals surface area (Å²) in [7, 11) is 0. The monoisotopic (exact) mass is 250 g/mol. The zero-order valence-corrected chi connectivity index (χ0v) is 12.7. The molecular weight excluding hydrogens is 224 g/mol. The van der Waals surface area contributed by atoms with Gasteiger partial charge in [-0.3, -0.25) is 4.79 Å². The highest BCUT2D eigenvalue weighted by Crippen LogP contribution is 2.20. The van der Waals surface area contributed by atoms with Crippen molar-refractivity contribution in [3.05, 3.63) is 35.4 Å². The lowest BCUT2D eigenvalue weighted by Crippen LogP contribution is -2.26. The van der Waals surface area contributed by atoms with Crippen molar-refractivity contribution in [2.24, 2.45) is 0 Å². The topological polar surface area (TPSA) is 26.3 Å². The molecule has 102 valence electrons. The van der Waals surface area contributed by atoms with Crippen LogP contribution in [0.2, 0.25) is 0 Å². The van der Waals surface area contributed by atoms with Crippen LogP contribution in [0.25, 0.3) is 0 Å². The van der Waals surface area contributed by atoms with Gasteiger partial charge in [-0.05, 0) is 40.2 Å². The molecule has 0 aliphatic heterocycles. The van der Waals surface area contributed by atoms with Crippen molar-refractivity contribution < 1.29 is 9.53 Å². The third-order valence-corrected chi connectivity index (χ3v) is 2.30. The minimum Gasteiger partial charge on any atom is -0.460 e. The van der Waals surface area contributed by atoms with Crippen LogP contribution < -0.4 is 0 Å². The molecule has 1 unspecified atom stereocenters. The van der Waals surface area contributed by atoms with E-state index in [1.165, 1.54) is 0 Å². The first kappa shape index (κ1) is 16.7. The van der Waals surface area contributed by atoms with E-state index in [1.807, 2.05) is 72.7 Å². The van der Waals surface area contributed by atoms with Crippen LogP contribution in [-0.2, 0) is 9.53 Å². The fraction of sp³-hybridized carbons (Fsp3) is 0.562. The number of benzene rings is 1. The molecule has 0 aliphatic rings. The number of hydrogen-bond acceptors (Lipinski definition) is 2. The Morgan fingerprint density at radius 3 is 2.22 bits per heavy atom. The van der Waals surface area contributed by atoms with Crippen LogP contribution in [-0.4, -0.2) is 11.6 Å². The number of aryl methyl sites for hydroxylation is 1. The molecule has 1 aromatic carbocycles. The number of ether oxygens (including phenoxy) is 1. The molecule has 0 heterocycles. The fourth-order valence-corrected chi connectivity index (χ4v) is 1.47. The Morgan fingerprint density at radius 2 is 1.78 bits per heavy atom. The molecule has 1 aromatic rings. The predicted octanol–water partition coefficient (Wildman–Crippen LogP) is 4.47. The Bertz CT molecular complexity index is 375. The minimum atomic E-state index is -0.421. The van der Waals surface area contributed by atoms with Crippen molar-refractivity contribution in [3.63, 3.8) is 0 Å². The Balaban J connectivity index is 0.00000137. The number of esters is 1. The van der Waals surface area contributed by atoms with Crippen LogP contribution in [0.4, 0.5) is 0 Å². The molecule has 0 saturated carbocycles. The average molecular weight is 250 g/mol. The van der Waals surface area contributed by atoms with Crippen molar-refractivity contribution in [2.45, 2.75) is 60.0 Å². The van der Waals surface area contributed by atoms with Crippen LogP contribution in [0.1, 0.15) is 58.6 Å². The first-order valence-corrected chi connectivity index (χ1v) is 6.59. The smallest absolute Gasteiger partial charge is 0.313 e. The lowest BCUT2D eigenvalue weighted by molar-refractivity contribution is -0.156. The van der Waals surface area contributed by atoms with Gasteiger partial charge in [-0.15, -0.1) is 0 Å².